The number of aromatic nitrogens is 2. The third kappa shape index (κ3) is 14.0. The first kappa shape index (κ1) is 26.5. The number of carbonyl (C=O) groups excluding carboxylic acids is 2. The van der Waals surface area contributed by atoms with Crippen LogP contribution in [0.5, 0.6) is 0 Å². The molecule has 2 aromatic rings. The van der Waals surface area contributed by atoms with Gasteiger partial charge in [-0.2, -0.15) is 0 Å². The zero-order chi connectivity index (χ0) is 16.1. The van der Waals surface area contributed by atoms with Gasteiger partial charge in [0, 0.05) is 40.2 Å². The van der Waals surface area contributed by atoms with Crippen molar-refractivity contribution in [1.29, 1.82) is 0 Å². The molecular formula is C13H8Li2N2O4S2. The predicted molar refractivity (Wildman–Crippen MR) is 77.3 cm³/mol. The first-order valence-electron chi connectivity index (χ1n) is 5.25. The molecule has 0 saturated heterocycles. The standard InChI is InChI=1S/2C6H5NO2.CS2.2Li/c2*8-6(9)5-1-3-7-4-2-5;2-1-3;;/h2*1-4H,(H,8,9);;;/q;;;2*+1/p-2. The van der Waals surface area contributed by atoms with Gasteiger partial charge in [0.2, 0.25) is 0 Å². The van der Waals surface area contributed by atoms with Gasteiger partial charge in [-0.3, -0.25) is 9.97 Å². The van der Waals surface area contributed by atoms with E-state index in [-0.39, 0.29) is 48.8 Å². The number of pyridine rings is 2. The Morgan fingerprint density at radius 2 is 1.00 bits per heavy atom. The van der Waals surface area contributed by atoms with Crippen LogP contribution in [0.25, 0.3) is 0 Å². The molecule has 2 rings (SSSR count). The quantitative estimate of drug-likeness (QED) is 0.395. The monoisotopic (exact) mass is 334 g/mol. The molecule has 2 aromatic heterocycles. The SMILES string of the molecule is O=C([O-])c1ccncc1.O=C([O-])c1ccncc1.S=C=S.[Li+].[Li+]. The second kappa shape index (κ2) is 17.0. The second-order valence-electron chi connectivity index (χ2n) is 3.13. The molecule has 2 heterocycles. The third-order valence-electron chi connectivity index (χ3n) is 1.83. The Hall–Kier alpha value is -1.35. The number of carbonyl (C=O) groups is 2. The molecule has 0 bridgehead atoms. The van der Waals surface area contributed by atoms with Crippen molar-refractivity contribution >= 4 is 40.7 Å². The summed E-state index contributed by atoms with van der Waals surface area (Å²) in [5, 5.41) is 20.1. The molecule has 0 radical (unpaired) electrons. The number of nitrogens with zero attached hydrogens (tertiary/aromatic N) is 2. The molecule has 0 aliphatic carbocycles. The average molecular weight is 334 g/mol. The fourth-order valence-electron chi connectivity index (χ4n) is 0.976. The Balaban J connectivity index is -0.000000277. The van der Waals surface area contributed by atoms with E-state index < -0.39 is 11.9 Å². The second-order valence-corrected chi connectivity index (χ2v) is 3.80. The summed E-state index contributed by atoms with van der Waals surface area (Å²) in [4.78, 5) is 27.4. The molecule has 108 valence electrons. The Kier molecular flexibility index (Phi) is 19.6. The van der Waals surface area contributed by atoms with Crippen LogP contribution in [0.2, 0.25) is 0 Å². The van der Waals surface area contributed by atoms with Gasteiger partial charge in [0.15, 0.2) is 0 Å². The van der Waals surface area contributed by atoms with Crippen molar-refractivity contribution in [3.8, 4) is 0 Å². The molecule has 23 heavy (non-hydrogen) atoms. The van der Waals surface area contributed by atoms with Crippen LogP contribution in [-0.2, 0) is 0 Å². The number of hydrogen-bond donors (Lipinski definition) is 0. The molecule has 0 fully saturated rings. The van der Waals surface area contributed by atoms with Crippen LogP contribution in [0, 0.1) is 0 Å². The first-order chi connectivity index (χ1) is 10.0. The van der Waals surface area contributed by atoms with Gasteiger partial charge in [-0.05, 0) is 48.7 Å². The number of thiocarbonyl (C=S) groups is 2. The molecule has 0 aliphatic heterocycles. The fourth-order valence-corrected chi connectivity index (χ4v) is 0.976. The van der Waals surface area contributed by atoms with E-state index in [0.29, 0.717) is 0 Å². The van der Waals surface area contributed by atoms with Crippen LogP contribution in [-0.4, -0.2) is 26.2 Å². The van der Waals surface area contributed by atoms with Gasteiger partial charge in [-0.15, -0.1) is 0 Å². The van der Waals surface area contributed by atoms with E-state index >= 15 is 0 Å². The van der Waals surface area contributed by atoms with Gasteiger partial charge in [-0.1, -0.05) is 0 Å². The summed E-state index contributed by atoms with van der Waals surface area (Å²) >= 11 is 7.92. The number of rotatable bonds is 2. The van der Waals surface area contributed by atoms with Gasteiger partial charge in [0.25, 0.3) is 0 Å². The van der Waals surface area contributed by atoms with Gasteiger partial charge in [-0.25, -0.2) is 0 Å². The minimum absolute atomic E-state index is 0. The number of carboxylic acid groups (broad SMARTS) is 2. The van der Waals surface area contributed by atoms with E-state index in [1.165, 1.54) is 49.1 Å². The molecule has 0 unspecified atom stereocenters. The molecule has 6 nitrogen and oxygen atoms in total. The van der Waals surface area contributed by atoms with E-state index in [2.05, 4.69) is 34.4 Å². The molecule has 0 aromatic carbocycles. The zero-order valence-electron chi connectivity index (χ0n) is 12.5. The van der Waals surface area contributed by atoms with Crippen LogP contribution >= 0.6 is 24.4 Å². The molecule has 0 atom stereocenters. The van der Waals surface area contributed by atoms with Gasteiger partial charge in [0.05, 0.1) is 11.9 Å². The zero-order valence-corrected chi connectivity index (χ0v) is 14.1. The van der Waals surface area contributed by atoms with Crippen LogP contribution in [0.4, 0.5) is 0 Å². The van der Waals surface area contributed by atoms with Crippen molar-refractivity contribution in [2.45, 2.75) is 0 Å². The van der Waals surface area contributed by atoms with E-state index in [1.54, 1.807) is 0 Å². The molecule has 0 amide bonds. The summed E-state index contributed by atoms with van der Waals surface area (Å²) in [7, 11) is 0. The number of carboxylic acids is 2. The summed E-state index contributed by atoms with van der Waals surface area (Å²) in [5.41, 5.74) is 0.315. The summed E-state index contributed by atoms with van der Waals surface area (Å²) in [6, 6.07) is 5.54. The van der Waals surface area contributed by atoms with Crippen LogP contribution < -0.4 is 47.9 Å². The van der Waals surface area contributed by atoms with Crippen molar-refractivity contribution in [2.75, 3.05) is 0 Å². The smallest absolute Gasteiger partial charge is 0.545 e. The van der Waals surface area contributed by atoms with Gasteiger partial charge >= 0.3 is 37.7 Å². The molecule has 10 heteroatoms. The van der Waals surface area contributed by atoms with E-state index in [9.17, 15) is 19.8 Å². The van der Waals surface area contributed by atoms with Crippen molar-refractivity contribution < 1.29 is 57.5 Å². The normalized spacial score (nSPS) is 7.30. The van der Waals surface area contributed by atoms with Crippen molar-refractivity contribution in [1.82, 2.24) is 9.97 Å². The van der Waals surface area contributed by atoms with Crippen LogP contribution in [0.15, 0.2) is 49.1 Å². The van der Waals surface area contributed by atoms with Crippen molar-refractivity contribution in [3.63, 3.8) is 0 Å². The van der Waals surface area contributed by atoms with E-state index in [4.69, 9.17) is 0 Å². The molecule has 0 aliphatic rings. The van der Waals surface area contributed by atoms with Crippen LogP contribution in [0.3, 0.4) is 0 Å². The first-order valence-corrected chi connectivity index (χ1v) is 6.06. The summed E-state index contributed by atoms with van der Waals surface area (Å²) in [5.74, 6) is -2.34. The summed E-state index contributed by atoms with van der Waals surface area (Å²) in [6.45, 7) is 0. The Morgan fingerprint density at radius 3 is 1.13 bits per heavy atom. The Morgan fingerprint density at radius 1 is 0.783 bits per heavy atom. The Labute approximate surface area is 167 Å². The minimum Gasteiger partial charge on any atom is -0.545 e. The molecular weight excluding hydrogens is 326 g/mol. The maximum atomic E-state index is 10.1. The van der Waals surface area contributed by atoms with Gasteiger partial charge < -0.3 is 19.8 Å². The molecule has 0 N–H and O–H groups in total. The van der Waals surface area contributed by atoms with Gasteiger partial charge in [0.1, 0.15) is 0 Å². The number of aromatic carboxylic acids is 2. The molecule has 0 saturated carbocycles. The fraction of sp³-hybridized carbons (Fsp3) is 0. The van der Waals surface area contributed by atoms with Crippen LogP contribution in [0.1, 0.15) is 20.7 Å². The van der Waals surface area contributed by atoms with Crippen molar-refractivity contribution in [2.24, 2.45) is 0 Å². The number of hydrogen-bond acceptors (Lipinski definition) is 8. The Bertz CT molecular complexity index is 560. The van der Waals surface area contributed by atoms with E-state index in [1.807, 2.05) is 4.31 Å². The van der Waals surface area contributed by atoms with Crippen molar-refractivity contribution in [3.05, 3.63) is 60.2 Å². The maximum Gasteiger partial charge on any atom is 1.00 e. The summed E-state index contributed by atoms with van der Waals surface area (Å²) in [6.07, 6.45) is 5.63. The average Bonchev–Trinajstić information content (AvgIpc) is 2.50. The summed E-state index contributed by atoms with van der Waals surface area (Å²) < 4.78 is 1.92. The molecule has 0 spiro atoms. The third-order valence-corrected chi connectivity index (χ3v) is 1.83. The predicted octanol–water partition coefficient (Wildman–Crippen LogP) is -6.08. The van der Waals surface area contributed by atoms with E-state index in [0.717, 1.165) is 0 Å². The largest absolute Gasteiger partial charge is 1.00 e. The topological polar surface area (TPSA) is 106 Å². The minimum atomic E-state index is -1.17. The maximum absolute atomic E-state index is 10.1.